The molecular weight excluding hydrogens is 393 g/mol. The van der Waals surface area contributed by atoms with Crippen LogP contribution in [0.2, 0.25) is 0 Å². The fraction of sp³-hybridized carbons (Fsp3) is 0.292. The lowest BCUT2D eigenvalue weighted by atomic mass is 10.1. The van der Waals surface area contributed by atoms with E-state index in [4.69, 9.17) is 0 Å². The van der Waals surface area contributed by atoms with Crippen molar-refractivity contribution >= 4 is 17.6 Å². The molecular formula is C24H28FN5O. The van der Waals surface area contributed by atoms with Crippen LogP contribution < -0.4 is 10.6 Å². The van der Waals surface area contributed by atoms with Gasteiger partial charge in [0.2, 0.25) is 5.96 Å². The molecule has 7 heteroatoms. The SMILES string of the molecule is CCCn1cc(CN=C(NC(=O)c2ccccc2F)Nc2cc(C)ccc2C)c(C)n1. The second-order valence-corrected chi connectivity index (χ2v) is 7.55. The van der Waals surface area contributed by atoms with Gasteiger partial charge in [-0.2, -0.15) is 5.10 Å². The number of aryl methyl sites for hydroxylation is 4. The second kappa shape index (κ2) is 10.0. The van der Waals surface area contributed by atoms with E-state index < -0.39 is 11.7 Å². The van der Waals surface area contributed by atoms with Crippen LogP contribution in [0.25, 0.3) is 0 Å². The van der Waals surface area contributed by atoms with Crippen molar-refractivity contribution in [3.05, 3.63) is 82.4 Å². The molecule has 3 rings (SSSR count). The fourth-order valence-electron chi connectivity index (χ4n) is 3.15. The van der Waals surface area contributed by atoms with Gasteiger partial charge in [-0.25, -0.2) is 9.38 Å². The van der Waals surface area contributed by atoms with Crippen LogP contribution >= 0.6 is 0 Å². The quantitative estimate of drug-likeness (QED) is 0.445. The number of aliphatic imine (C=N–C) groups is 1. The van der Waals surface area contributed by atoms with Crippen molar-refractivity contribution < 1.29 is 9.18 Å². The molecule has 0 aliphatic heterocycles. The molecule has 0 unspecified atom stereocenters. The maximum Gasteiger partial charge on any atom is 0.260 e. The number of carbonyl (C=O) groups excluding carboxylic acids is 1. The molecule has 31 heavy (non-hydrogen) atoms. The van der Waals surface area contributed by atoms with Crippen molar-refractivity contribution in [2.75, 3.05) is 5.32 Å². The molecule has 0 aliphatic rings. The van der Waals surface area contributed by atoms with Crippen LogP contribution in [0.5, 0.6) is 0 Å². The monoisotopic (exact) mass is 421 g/mol. The largest absolute Gasteiger partial charge is 0.326 e. The normalized spacial score (nSPS) is 11.5. The summed E-state index contributed by atoms with van der Waals surface area (Å²) in [5.74, 6) is -0.888. The van der Waals surface area contributed by atoms with Gasteiger partial charge in [0.15, 0.2) is 0 Å². The molecule has 162 valence electrons. The van der Waals surface area contributed by atoms with Crippen molar-refractivity contribution in [3.8, 4) is 0 Å². The second-order valence-electron chi connectivity index (χ2n) is 7.55. The van der Waals surface area contributed by atoms with Gasteiger partial charge in [0.25, 0.3) is 5.91 Å². The van der Waals surface area contributed by atoms with Crippen molar-refractivity contribution in [1.82, 2.24) is 15.1 Å². The van der Waals surface area contributed by atoms with Crippen molar-refractivity contribution in [2.24, 2.45) is 4.99 Å². The average Bonchev–Trinajstić information content (AvgIpc) is 3.08. The predicted octanol–water partition coefficient (Wildman–Crippen LogP) is 4.76. The minimum atomic E-state index is -0.581. The third-order valence-corrected chi connectivity index (χ3v) is 4.90. The molecule has 0 saturated carbocycles. The summed E-state index contributed by atoms with van der Waals surface area (Å²) in [6.07, 6.45) is 2.96. The van der Waals surface area contributed by atoms with Gasteiger partial charge in [0, 0.05) is 24.0 Å². The number of hydrogen-bond acceptors (Lipinski definition) is 3. The van der Waals surface area contributed by atoms with Crippen LogP contribution in [0.4, 0.5) is 10.1 Å². The highest BCUT2D eigenvalue weighted by Gasteiger charge is 2.14. The smallest absolute Gasteiger partial charge is 0.260 e. The summed E-state index contributed by atoms with van der Waals surface area (Å²) in [6.45, 7) is 9.16. The molecule has 2 N–H and O–H groups in total. The molecule has 0 spiro atoms. The third kappa shape index (κ3) is 5.78. The molecule has 1 aromatic heterocycles. The standard InChI is InChI=1S/C24H28FN5O/c1-5-12-30-15-19(18(4)29-30)14-26-24(27-22-13-16(2)10-11-17(22)3)28-23(31)20-8-6-7-9-21(20)25/h6-11,13,15H,5,12,14H2,1-4H3,(H2,26,27,28,31). The highest BCUT2D eigenvalue weighted by molar-refractivity contribution is 6.10. The minimum Gasteiger partial charge on any atom is -0.326 e. The highest BCUT2D eigenvalue weighted by atomic mass is 19.1. The van der Waals surface area contributed by atoms with E-state index in [1.165, 1.54) is 12.1 Å². The van der Waals surface area contributed by atoms with Crippen LogP contribution in [0, 0.1) is 26.6 Å². The van der Waals surface area contributed by atoms with Gasteiger partial charge in [0.05, 0.1) is 17.8 Å². The zero-order chi connectivity index (χ0) is 22.4. The number of hydrogen-bond donors (Lipinski definition) is 2. The molecule has 0 fully saturated rings. The van der Waals surface area contributed by atoms with Crippen molar-refractivity contribution in [1.29, 1.82) is 0 Å². The Bertz CT molecular complexity index is 1100. The first-order chi connectivity index (χ1) is 14.9. The first kappa shape index (κ1) is 22.2. The Morgan fingerprint density at radius 1 is 1.16 bits per heavy atom. The number of carbonyl (C=O) groups is 1. The fourth-order valence-corrected chi connectivity index (χ4v) is 3.15. The van der Waals surface area contributed by atoms with Crippen LogP contribution in [0.3, 0.4) is 0 Å². The van der Waals surface area contributed by atoms with Crippen LogP contribution in [0.1, 0.15) is 46.1 Å². The first-order valence-electron chi connectivity index (χ1n) is 10.3. The van der Waals surface area contributed by atoms with E-state index in [-0.39, 0.29) is 11.5 Å². The van der Waals surface area contributed by atoms with E-state index in [2.05, 4.69) is 27.6 Å². The summed E-state index contributed by atoms with van der Waals surface area (Å²) in [4.78, 5) is 17.3. The number of rotatable bonds is 6. The molecule has 0 radical (unpaired) electrons. The Morgan fingerprint density at radius 3 is 2.68 bits per heavy atom. The molecule has 2 aromatic carbocycles. The van der Waals surface area contributed by atoms with Gasteiger partial charge in [-0.3, -0.25) is 14.8 Å². The zero-order valence-electron chi connectivity index (χ0n) is 18.4. The first-order valence-corrected chi connectivity index (χ1v) is 10.3. The van der Waals surface area contributed by atoms with E-state index in [9.17, 15) is 9.18 Å². The average molecular weight is 422 g/mol. The van der Waals surface area contributed by atoms with Gasteiger partial charge >= 0.3 is 0 Å². The summed E-state index contributed by atoms with van der Waals surface area (Å²) in [5, 5.41) is 10.4. The summed E-state index contributed by atoms with van der Waals surface area (Å²) >= 11 is 0. The number of amides is 1. The van der Waals surface area contributed by atoms with Crippen LogP contribution in [-0.4, -0.2) is 21.6 Å². The Kier molecular flexibility index (Phi) is 7.18. The molecule has 0 aliphatic carbocycles. The lowest BCUT2D eigenvalue weighted by Gasteiger charge is -2.14. The molecule has 0 saturated heterocycles. The number of aromatic nitrogens is 2. The maximum absolute atomic E-state index is 14.1. The van der Waals surface area contributed by atoms with Gasteiger partial charge in [-0.1, -0.05) is 31.2 Å². The topological polar surface area (TPSA) is 71.3 Å². The molecule has 1 heterocycles. The van der Waals surface area contributed by atoms with E-state index >= 15 is 0 Å². The van der Waals surface area contributed by atoms with Crippen LogP contribution in [-0.2, 0) is 13.1 Å². The molecule has 0 bridgehead atoms. The number of nitrogens with zero attached hydrogens (tertiary/aromatic N) is 3. The molecule has 6 nitrogen and oxygen atoms in total. The highest BCUT2D eigenvalue weighted by Crippen LogP contribution is 2.17. The zero-order valence-corrected chi connectivity index (χ0v) is 18.4. The lowest BCUT2D eigenvalue weighted by molar-refractivity contribution is 0.0973. The predicted molar refractivity (Wildman–Crippen MR) is 122 cm³/mol. The third-order valence-electron chi connectivity index (χ3n) is 4.90. The summed E-state index contributed by atoms with van der Waals surface area (Å²) < 4.78 is 16.0. The molecule has 0 atom stereocenters. The van der Waals surface area contributed by atoms with E-state index in [1.54, 1.807) is 12.1 Å². The van der Waals surface area contributed by atoms with E-state index in [0.717, 1.165) is 41.0 Å². The van der Waals surface area contributed by atoms with E-state index in [1.807, 2.05) is 49.8 Å². The lowest BCUT2D eigenvalue weighted by Crippen LogP contribution is -2.36. The summed E-state index contributed by atoms with van der Waals surface area (Å²) in [5.41, 5.74) is 4.73. The van der Waals surface area contributed by atoms with Crippen molar-refractivity contribution in [3.63, 3.8) is 0 Å². The number of guanidine groups is 1. The van der Waals surface area contributed by atoms with Gasteiger partial charge in [-0.15, -0.1) is 0 Å². The van der Waals surface area contributed by atoms with Crippen molar-refractivity contribution in [2.45, 2.75) is 47.2 Å². The Morgan fingerprint density at radius 2 is 1.94 bits per heavy atom. The maximum atomic E-state index is 14.1. The Labute approximate surface area is 182 Å². The Balaban J connectivity index is 1.88. The van der Waals surface area contributed by atoms with Gasteiger partial charge in [-0.05, 0) is 56.5 Å². The summed E-state index contributed by atoms with van der Waals surface area (Å²) in [6, 6.07) is 11.9. The molecule has 1 amide bonds. The molecule has 3 aromatic rings. The number of anilines is 1. The van der Waals surface area contributed by atoms with Gasteiger partial charge in [0.1, 0.15) is 5.82 Å². The number of halogens is 1. The summed E-state index contributed by atoms with van der Waals surface area (Å²) in [7, 11) is 0. The van der Waals surface area contributed by atoms with Gasteiger partial charge < -0.3 is 5.32 Å². The number of benzene rings is 2. The number of nitrogens with one attached hydrogen (secondary N) is 2. The Hall–Kier alpha value is -3.48. The van der Waals surface area contributed by atoms with E-state index in [0.29, 0.717) is 6.54 Å². The minimum absolute atomic E-state index is 0.0371. The van der Waals surface area contributed by atoms with Crippen LogP contribution in [0.15, 0.2) is 53.7 Å².